The first-order valence-electron chi connectivity index (χ1n) is 11.9. The van der Waals surface area contributed by atoms with Crippen molar-refractivity contribution in [1.29, 1.82) is 0 Å². The molecule has 34 heavy (non-hydrogen) atoms. The monoisotopic (exact) mass is 487 g/mol. The average Bonchev–Trinajstić information content (AvgIpc) is 3.39. The van der Waals surface area contributed by atoms with Crippen LogP contribution in [0.3, 0.4) is 0 Å². The van der Waals surface area contributed by atoms with E-state index in [4.69, 9.17) is 9.72 Å². The molecule has 10 nitrogen and oxygen atoms in total. The maximum absolute atomic E-state index is 12.5. The van der Waals surface area contributed by atoms with Gasteiger partial charge in [-0.2, -0.15) is 0 Å². The molecule has 0 spiro atoms. The summed E-state index contributed by atoms with van der Waals surface area (Å²) in [6, 6.07) is 4.02. The van der Waals surface area contributed by atoms with Crippen molar-refractivity contribution in [3.63, 3.8) is 0 Å². The van der Waals surface area contributed by atoms with Crippen LogP contribution in [-0.2, 0) is 14.8 Å². The smallest absolute Gasteiger partial charge is 0.214 e. The number of anilines is 1. The number of sulfonamides is 1. The lowest BCUT2D eigenvalue weighted by Crippen LogP contribution is -2.45. The molecule has 0 bridgehead atoms. The maximum atomic E-state index is 12.5. The molecule has 184 valence electrons. The summed E-state index contributed by atoms with van der Waals surface area (Å²) in [5.41, 5.74) is 14.3. The Hall–Kier alpha value is -2.44. The van der Waals surface area contributed by atoms with Crippen LogP contribution in [0, 0.1) is 0 Å². The van der Waals surface area contributed by atoms with Crippen LogP contribution < -0.4 is 25.9 Å². The highest BCUT2D eigenvalue weighted by atomic mass is 32.2. The minimum Gasteiger partial charge on any atom is -0.492 e. The molecule has 2 saturated heterocycles. The van der Waals surface area contributed by atoms with Crippen molar-refractivity contribution >= 4 is 21.4 Å². The van der Waals surface area contributed by atoms with E-state index in [2.05, 4.69) is 38.0 Å². The molecule has 0 aromatic carbocycles. The highest BCUT2D eigenvalue weighted by Crippen LogP contribution is 2.38. The van der Waals surface area contributed by atoms with Crippen LogP contribution in [0.15, 0.2) is 47.6 Å². The SMILES string of the molecule is CCOC1=CN2NC3NNCC3=C2C(c2ccc(N3CCC(S(=O)(=O)NC(C)C)CC3)nc2)=C1. The van der Waals surface area contributed by atoms with Gasteiger partial charge in [0.05, 0.1) is 23.8 Å². The van der Waals surface area contributed by atoms with Gasteiger partial charge >= 0.3 is 0 Å². The van der Waals surface area contributed by atoms with Gasteiger partial charge in [0.2, 0.25) is 10.0 Å². The Morgan fingerprint density at radius 3 is 2.74 bits per heavy atom. The molecule has 4 aliphatic heterocycles. The number of hydrazine groups is 2. The van der Waals surface area contributed by atoms with Gasteiger partial charge in [-0.1, -0.05) is 0 Å². The Kier molecular flexibility index (Phi) is 6.38. The Labute approximate surface area is 201 Å². The van der Waals surface area contributed by atoms with Gasteiger partial charge in [-0.05, 0) is 51.8 Å². The van der Waals surface area contributed by atoms with Gasteiger partial charge in [0.15, 0.2) is 0 Å². The molecule has 0 radical (unpaired) electrons. The molecule has 11 heteroatoms. The average molecular weight is 488 g/mol. The van der Waals surface area contributed by atoms with Crippen molar-refractivity contribution in [2.24, 2.45) is 0 Å². The summed E-state index contributed by atoms with van der Waals surface area (Å²) in [5, 5.41) is 1.68. The molecule has 1 atom stereocenters. The normalized spacial score (nSPS) is 23.2. The number of piperidine rings is 1. The Morgan fingerprint density at radius 2 is 2.06 bits per heavy atom. The number of hydrogen-bond acceptors (Lipinski definition) is 9. The van der Waals surface area contributed by atoms with Crippen LogP contribution >= 0.6 is 0 Å². The van der Waals surface area contributed by atoms with Crippen molar-refractivity contribution in [3.05, 3.63) is 53.2 Å². The molecule has 1 aromatic rings. The Balaban J connectivity index is 1.33. The Morgan fingerprint density at radius 1 is 1.26 bits per heavy atom. The molecule has 4 aliphatic rings. The second-order valence-corrected chi connectivity index (χ2v) is 11.2. The van der Waals surface area contributed by atoms with Crippen molar-refractivity contribution in [1.82, 2.24) is 31.0 Å². The van der Waals surface area contributed by atoms with Crippen LogP contribution in [-0.4, -0.2) is 62.1 Å². The second-order valence-electron chi connectivity index (χ2n) is 9.24. The quantitative estimate of drug-likeness (QED) is 0.450. The fourth-order valence-electron chi connectivity index (χ4n) is 4.92. The maximum Gasteiger partial charge on any atom is 0.214 e. The van der Waals surface area contributed by atoms with Crippen LogP contribution in [0.4, 0.5) is 5.82 Å². The molecule has 4 N–H and O–H groups in total. The lowest BCUT2D eigenvalue weighted by molar-refractivity contribution is 0.223. The van der Waals surface area contributed by atoms with E-state index in [1.165, 1.54) is 5.57 Å². The highest BCUT2D eigenvalue weighted by molar-refractivity contribution is 7.90. The largest absolute Gasteiger partial charge is 0.492 e. The third kappa shape index (κ3) is 4.46. The zero-order valence-corrected chi connectivity index (χ0v) is 20.7. The molecule has 0 amide bonds. The highest BCUT2D eigenvalue weighted by Gasteiger charge is 2.37. The van der Waals surface area contributed by atoms with E-state index < -0.39 is 10.0 Å². The summed E-state index contributed by atoms with van der Waals surface area (Å²) in [7, 11) is -3.28. The lowest BCUT2D eigenvalue weighted by Gasteiger charge is -2.33. The van der Waals surface area contributed by atoms with Crippen LogP contribution in [0.2, 0.25) is 0 Å². The van der Waals surface area contributed by atoms with E-state index in [9.17, 15) is 8.42 Å². The lowest BCUT2D eigenvalue weighted by atomic mass is 9.97. The topological polar surface area (TPSA) is 111 Å². The van der Waals surface area contributed by atoms with E-state index in [0.717, 1.165) is 35.0 Å². The zero-order chi connectivity index (χ0) is 23.9. The van der Waals surface area contributed by atoms with Gasteiger partial charge in [0.25, 0.3) is 0 Å². The van der Waals surface area contributed by atoms with Crippen LogP contribution in [0.1, 0.15) is 39.2 Å². The zero-order valence-electron chi connectivity index (χ0n) is 19.8. The minimum atomic E-state index is -3.28. The number of ether oxygens (including phenoxy) is 1. The second kappa shape index (κ2) is 9.31. The van der Waals surface area contributed by atoms with Gasteiger partial charge in [0.1, 0.15) is 17.7 Å². The minimum absolute atomic E-state index is 0.0469. The molecule has 1 unspecified atom stereocenters. The number of hydrogen-bond donors (Lipinski definition) is 4. The number of nitrogens with one attached hydrogen (secondary N) is 4. The number of nitrogens with zero attached hydrogens (tertiary/aromatic N) is 3. The molecule has 0 saturated carbocycles. The summed E-state index contributed by atoms with van der Waals surface area (Å²) < 4.78 is 33.6. The van der Waals surface area contributed by atoms with E-state index in [1.54, 1.807) is 0 Å². The first-order valence-corrected chi connectivity index (χ1v) is 13.5. The molecule has 5 rings (SSSR count). The number of aromatic nitrogens is 1. The van der Waals surface area contributed by atoms with Crippen molar-refractivity contribution < 1.29 is 13.2 Å². The van der Waals surface area contributed by atoms with E-state index >= 15 is 0 Å². The van der Waals surface area contributed by atoms with Gasteiger partial charge in [-0.15, -0.1) is 0 Å². The number of allylic oxidation sites excluding steroid dienone is 2. The van der Waals surface area contributed by atoms with Gasteiger partial charge < -0.3 is 9.64 Å². The first kappa shape index (κ1) is 23.3. The summed E-state index contributed by atoms with van der Waals surface area (Å²) in [6.07, 6.45) is 7.18. The number of pyridine rings is 1. The van der Waals surface area contributed by atoms with Gasteiger partial charge in [0, 0.05) is 48.6 Å². The van der Waals surface area contributed by atoms with Crippen molar-refractivity contribution in [2.45, 2.75) is 51.1 Å². The summed E-state index contributed by atoms with van der Waals surface area (Å²) >= 11 is 0. The summed E-state index contributed by atoms with van der Waals surface area (Å²) in [5.74, 6) is 1.67. The number of fused-ring (bicyclic) bond motifs is 2. The fraction of sp³-hybridized carbons (Fsp3) is 0.522. The van der Waals surface area contributed by atoms with E-state index in [1.807, 2.05) is 44.2 Å². The molecule has 5 heterocycles. The van der Waals surface area contributed by atoms with Gasteiger partial charge in [-0.3, -0.25) is 10.4 Å². The molecular weight excluding hydrogens is 454 g/mol. The number of rotatable bonds is 7. The standard InChI is InChI=1S/C23H33N7O3S/c1-4-33-17-11-19(22-20-13-25-26-23(20)27-30(22)14-17)16-5-6-21(24-12-16)29-9-7-18(8-10-29)34(31,32)28-15(2)3/h5-6,11-12,14-15,18,23,25-28H,4,7-10,13H2,1-3H3. The van der Waals surface area contributed by atoms with Crippen LogP contribution in [0.25, 0.3) is 5.57 Å². The summed E-state index contributed by atoms with van der Waals surface area (Å²) in [6.45, 7) is 8.37. The van der Waals surface area contributed by atoms with Crippen LogP contribution in [0.5, 0.6) is 0 Å². The third-order valence-corrected chi connectivity index (χ3v) is 8.61. The predicted octanol–water partition coefficient (Wildman–Crippen LogP) is 1.16. The fourth-order valence-corrected chi connectivity index (χ4v) is 6.61. The first-order chi connectivity index (χ1) is 16.4. The molecule has 2 fully saturated rings. The van der Waals surface area contributed by atoms with Gasteiger partial charge in [-0.25, -0.2) is 29.0 Å². The van der Waals surface area contributed by atoms with Crippen molar-refractivity contribution in [2.75, 3.05) is 31.1 Å². The van der Waals surface area contributed by atoms with E-state index in [0.29, 0.717) is 32.5 Å². The predicted molar refractivity (Wildman–Crippen MR) is 131 cm³/mol. The van der Waals surface area contributed by atoms with Crippen molar-refractivity contribution in [3.8, 4) is 0 Å². The molecular formula is C23H33N7O3S. The summed E-state index contributed by atoms with van der Waals surface area (Å²) in [4.78, 5) is 6.92. The van der Waals surface area contributed by atoms with E-state index in [-0.39, 0.29) is 17.5 Å². The Bertz CT molecular complexity index is 1120. The molecule has 0 aliphatic carbocycles. The molecule has 1 aromatic heterocycles. The third-order valence-electron chi connectivity index (χ3n) is 6.46.